The maximum Gasteiger partial charge on any atom is 0.240 e. The highest BCUT2D eigenvalue weighted by molar-refractivity contribution is 7.91. The summed E-state index contributed by atoms with van der Waals surface area (Å²) in [6, 6.07) is 16.1. The van der Waals surface area contributed by atoms with Crippen molar-refractivity contribution in [2.75, 3.05) is 23.7 Å². The van der Waals surface area contributed by atoms with Crippen LogP contribution in [0, 0.1) is 0 Å². The molecule has 0 saturated carbocycles. The van der Waals surface area contributed by atoms with Crippen LogP contribution in [-0.4, -0.2) is 33.2 Å². The molecule has 0 aromatic heterocycles. The van der Waals surface area contributed by atoms with E-state index in [0.29, 0.717) is 17.0 Å². The largest absolute Gasteiger partial charge is 0.363 e. The van der Waals surface area contributed by atoms with Gasteiger partial charge in [0.05, 0.1) is 23.2 Å². The van der Waals surface area contributed by atoms with E-state index in [2.05, 4.69) is 5.32 Å². The Hall–Kier alpha value is -2.34. The van der Waals surface area contributed by atoms with Gasteiger partial charge < -0.3 is 10.2 Å². The van der Waals surface area contributed by atoms with Gasteiger partial charge in [-0.1, -0.05) is 36.4 Å². The molecule has 1 N–H and O–H groups in total. The third-order valence-corrected chi connectivity index (χ3v) is 6.00. The number of sulfone groups is 1. The lowest BCUT2D eigenvalue weighted by atomic mass is 10.1. The van der Waals surface area contributed by atoms with Crippen molar-refractivity contribution in [2.24, 2.45) is 0 Å². The fourth-order valence-electron chi connectivity index (χ4n) is 3.01. The van der Waals surface area contributed by atoms with Gasteiger partial charge >= 0.3 is 0 Å². The molecule has 5 nitrogen and oxygen atoms in total. The minimum Gasteiger partial charge on any atom is -0.363 e. The topological polar surface area (TPSA) is 66.5 Å². The van der Waals surface area contributed by atoms with Gasteiger partial charge in [0.2, 0.25) is 5.91 Å². The second-order valence-corrected chi connectivity index (χ2v) is 7.79. The van der Waals surface area contributed by atoms with Crippen molar-refractivity contribution in [3.05, 3.63) is 60.2 Å². The average Bonchev–Trinajstić information content (AvgIpc) is 2.84. The van der Waals surface area contributed by atoms with Crippen molar-refractivity contribution in [1.29, 1.82) is 0 Å². The lowest BCUT2D eigenvalue weighted by molar-refractivity contribution is -0.120. The molecule has 2 aromatic rings. The van der Waals surface area contributed by atoms with Crippen LogP contribution in [0.1, 0.15) is 18.5 Å². The molecular weight excluding hydrogens is 324 g/mol. The predicted molar refractivity (Wildman–Crippen MR) is 93.7 cm³/mol. The number of para-hydroxylation sites is 1. The van der Waals surface area contributed by atoms with Gasteiger partial charge in [-0.15, -0.1) is 0 Å². The number of rotatable bonds is 5. The van der Waals surface area contributed by atoms with Gasteiger partial charge in [-0.2, -0.15) is 0 Å². The Balaban J connectivity index is 1.72. The first-order chi connectivity index (χ1) is 11.5. The second kappa shape index (κ2) is 6.65. The summed E-state index contributed by atoms with van der Waals surface area (Å²) in [5.41, 5.74) is 1.64. The summed E-state index contributed by atoms with van der Waals surface area (Å²) >= 11 is 0. The predicted octanol–water partition coefficient (Wildman–Crippen LogP) is 2.16. The van der Waals surface area contributed by atoms with Crippen LogP contribution in [0.4, 0.5) is 5.69 Å². The highest BCUT2D eigenvalue weighted by Gasteiger charge is 2.35. The molecule has 0 saturated heterocycles. The van der Waals surface area contributed by atoms with Crippen molar-refractivity contribution >= 4 is 21.4 Å². The van der Waals surface area contributed by atoms with Gasteiger partial charge in [0, 0.05) is 12.2 Å². The molecule has 1 atom stereocenters. The van der Waals surface area contributed by atoms with E-state index in [1.54, 1.807) is 24.3 Å². The minimum atomic E-state index is -3.31. The molecule has 0 unspecified atom stereocenters. The van der Waals surface area contributed by atoms with Crippen molar-refractivity contribution in [3.63, 3.8) is 0 Å². The van der Waals surface area contributed by atoms with E-state index in [1.807, 2.05) is 42.2 Å². The Morgan fingerprint density at radius 2 is 1.79 bits per heavy atom. The highest BCUT2D eigenvalue weighted by atomic mass is 32.2. The number of fused-ring (bicyclic) bond motifs is 1. The van der Waals surface area contributed by atoms with E-state index in [1.165, 1.54) is 0 Å². The van der Waals surface area contributed by atoms with Gasteiger partial charge in [-0.25, -0.2) is 8.42 Å². The Bertz CT molecular complexity index is 834. The molecule has 1 aliphatic rings. The third-order valence-electron chi connectivity index (χ3n) is 4.19. The quantitative estimate of drug-likeness (QED) is 0.903. The summed E-state index contributed by atoms with van der Waals surface area (Å²) in [6.45, 7) is 2.87. The maximum absolute atomic E-state index is 12.4. The summed E-state index contributed by atoms with van der Waals surface area (Å²) in [4.78, 5) is 14.7. The van der Waals surface area contributed by atoms with Gasteiger partial charge in [-0.05, 0) is 30.7 Å². The molecule has 6 heteroatoms. The van der Waals surface area contributed by atoms with E-state index in [4.69, 9.17) is 0 Å². The Morgan fingerprint density at radius 1 is 1.12 bits per heavy atom. The zero-order chi connectivity index (χ0) is 17.2. The van der Waals surface area contributed by atoms with Crippen LogP contribution >= 0.6 is 0 Å². The molecule has 24 heavy (non-hydrogen) atoms. The smallest absolute Gasteiger partial charge is 0.240 e. The molecule has 0 aliphatic carbocycles. The van der Waals surface area contributed by atoms with E-state index in [0.717, 1.165) is 5.69 Å². The van der Waals surface area contributed by atoms with Crippen LogP contribution in [0.25, 0.3) is 0 Å². The normalized spacial score (nSPS) is 18.0. The number of likely N-dealkylation sites (N-methyl/N-ethyl adjacent to an activating group) is 1. The van der Waals surface area contributed by atoms with Gasteiger partial charge in [0.25, 0.3) is 0 Å². The number of amides is 1. The van der Waals surface area contributed by atoms with Gasteiger partial charge in [0.1, 0.15) is 0 Å². The Morgan fingerprint density at radius 3 is 2.50 bits per heavy atom. The van der Waals surface area contributed by atoms with Crippen molar-refractivity contribution in [3.8, 4) is 0 Å². The average molecular weight is 344 g/mol. The molecule has 126 valence electrons. The molecule has 1 aliphatic heterocycles. The summed E-state index contributed by atoms with van der Waals surface area (Å²) in [6.07, 6.45) is 0. The van der Waals surface area contributed by atoms with E-state index >= 15 is 0 Å². The molecule has 0 spiro atoms. The fraction of sp³-hybridized carbons (Fsp3) is 0.278. The van der Waals surface area contributed by atoms with Crippen LogP contribution < -0.4 is 10.2 Å². The van der Waals surface area contributed by atoms with Crippen molar-refractivity contribution < 1.29 is 13.2 Å². The SMILES string of the molecule is CCN(CC(=O)N[C@H]1CS(=O)(=O)c2ccccc21)c1ccccc1. The minimum absolute atomic E-state index is 0.0739. The number of benzene rings is 2. The molecule has 3 rings (SSSR count). The van der Waals surface area contributed by atoms with Crippen LogP contribution in [0.15, 0.2) is 59.5 Å². The first-order valence-electron chi connectivity index (χ1n) is 7.92. The molecule has 0 fully saturated rings. The molecule has 1 heterocycles. The molecular formula is C18H20N2O3S. The number of carbonyl (C=O) groups excluding carboxylic acids is 1. The van der Waals surface area contributed by atoms with Gasteiger partial charge in [-0.3, -0.25) is 4.79 Å². The number of hydrogen-bond donors (Lipinski definition) is 1. The third kappa shape index (κ3) is 3.28. The maximum atomic E-state index is 12.4. The summed E-state index contributed by atoms with van der Waals surface area (Å²) in [7, 11) is -3.31. The number of nitrogens with one attached hydrogen (secondary N) is 1. The van der Waals surface area contributed by atoms with Crippen molar-refractivity contribution in [1.82, 2.24) is 5.32 Å². The zero-order valence-electron chi connectivity index (χ0n) is 13.5. The Labute approximate surface area is 142 Å². The van der Waals surface area contributed by atoms with E-state index < -0.39 is 15.9 Å². The van der Waals surface area contributed by atoms with Crippen molar-refractivity contribution in [2.45, 2.75) is 17.9 Å². The number of carbonyl (C=O) groups is 1. The lowest BCUT2D eigenvalue weighted by Crippen LogP contribution is -2.39. The highest BCUT2D eigenvalue weighted by Crippen LogP contribution is 2.32. The molecule has 0 radical (unpaired) electrons. The van der Waals surface area contributed by atoms with Gasteiger partial charge in [0.15, 0.2) is 9.84 Å². The summed E-state index contributed by atoms with van der Waals surface area (Å²) in [5, 5.41) is 2.87. The monoisotopic (exact) mass is 344 g/mol. The number of nitrogens with zero attached hydrogens (tertiary/aromatic N) is 1. The second-order valence-electron chi connectivity index (χ2n) is 5.79. The summed E-state index contributed by atoms with van der Waals surface area (Å²) < 4.78 is 24.4. The lowest BCUT2D eigenvalue weighted by Gasteiger charge is -2.23. The first-order valence-corrected chi connectivity index (χ1v) is 9.57. The molecule has 1 amide bonds. The van der Waals surface area contributed by atoms with E-state index in [-0.39, 0.29) is 18.2 Å². The van der Waals surface area contributed by atoms with Crippen LogP contribution in [0.2, 0.25) is 0 Å². The number of anilines is 1. The number of hydrogen-bond acceptors (Lipinski definition) is 4. The summed E-state index contributed by atoms with van der Waals surface area (Å²) in [5.74, 6) is -0.257. The fourth-order valence-corrected chi connectivity index (χ4v) is 4.74. The standard InChI is InChI=1S/C18H20N2O3S/c1-2-20(14-8-4-3-5-9-14)12-18(21)19-16-13-24(22,23)17-11-7-6-10-15(16)17/h3-11,16H,2,12-13H2,1H3,(H,19,21)/t16-/m0/s1. The Kier molecular flexibility index (Phi) is 4.57. The zero-order valence-corrected chi connectivity index (χ0v) is 14.3. The van der Waals surface area contributed by atoms with Crippen LogP contribution in [-0.2, 0) is 14.6 Å². The molecule has 0 bridgehead atoms. The van der Waals surface area contributed by atoms with E-state index in [9.17, 15) is 13.2 Å². The first kappa shape index (κ1) is 16.5. The molecule has 2 aromatic carbocycles. The van der Waals surface area contributed by atoms with Crippen LogP contribution in [0.3, 0.4) is 0 Å². The van der Waals surface area contributed by atoms with Crippen LogP contribution in [0.5, 0.6) is 0 Å².